The fourth-order valence-corrected chi connectivity index (χ4v) is 5.83. The molecule has 3 heterocycles. The molecule has 13 heteroatoms. The molecule has 0 aromatic carbocycles. The van der Waals surface area contributed by atoms with E-state index in [9.17, 15) is 17.2 Å². The Morgan fingerprint density at radius 1 is 1.40 bits per heavy atom. The van der Waals surface area contributed by atoms with Crippen molar-refractivity contribution in [3.05, 3.63) is 17.5 Å². The second-order valence-corrected chi connectivity index (χ2v) is 10.2. The number of rotatable bonds is 7. The topological polar surface area (TPSA) is 118 Å². The quantitative estimate of drug-likeness (QED) is 0.634. The van der Waals surface area contributed by atoms with E-state index in [-0.39, 0.29) is 5.41 Å². The maximum absolute atomic E-state index is 13.9. The standard InChI is InChI=1S/C17H23ClF2N6O3S/c1-24-6-12(18)13-14(24)15(23-10-22-13)25-7-16(8-25)4-11(5-16)26(30(21,28)29)9-17(19,20)2-3-27/h6,10-11,27H,2-5,7-9H2,1H3,(H2,21,28,29). The van der Waals surface area contributed by atoms with Crippen LogP contribution in [0, 0.1) is 5.41 Å². The molecule has 1 spiro atoms. The minimum atomic E-state index is -4.29. The maximum Gasteiger partial charge on any atom is 0.277 e. The summed E-state index contributed by atoms with van der Waals surface area (Å²) in [6, 6.07) is -0.582. The van der Waals surface area contributed by atoms with Crippen molar-refractivity contribution in [2.75, 3.05) is 31.1 Å². The lowest BCUT2D eigenvalue weighted by atomic mass is 9.60. The van der Waals surface area contributed by atoms with Crippen molar-refractivity contribution in [3.8, 4) is 0 Å². The Balaban J connectivity index is 1.45. The number of hydrogen-bond acceptors (Lipinski definition) is 6. The Labute approximate surface area is 177 Å². The third-order valence-corrected chi connectivity index (χ3v) is 7.33. The zero-order valence-electron chi connectivity index (χ0n) is 16.3. The summed E-state index contributed by atoms with van der Waals surface area (Å²) < 4.78 is 54.2. The molecular formula is C17H23ClF2N6O3S. The predicted molar refractivity (Wildman–Crippen MR) is 108 cm³/mol. The van der Waals surface area contributed by atoms with E-state index in [1.807, 2.05) is 11.6 Å². The summed E-state index contributed by atoms with van der Waals surface area (Å²) in [6.45, 7) is -0.495. The minimum absolute atomic E-state index is 0.161. The second kappa shape index (κ2) is 7.23. The second-order valence-electron chi connectivity index (χ2n) is 8.32. The number of fused-ring (bicyclic) bond motifs is 1. The first-order valence-corrected chi connectivity index (χ1v) is 11.3. The van der Waals surface area contributed by atoms with Gasteiger partial charge in [0, 0.05) is 50.8 Å². The Morgan fingerprint density at radius 3 is 2.67 bits per heavy atom. The molecule has 1 saturated heterocycles. The predicted octanol–water partition coefficient (Wildman–Crippen LogP) is 1.11. The summed E-state index contributed by atoms with van der Waals surface area (Å²) in [6.07, 6.45) is 3.28. The van der Waals surface area contributed by atoms with Gasteiger partial charge in [-0.25, -0.2) is 23.9 Å². The highest BCUT2D eigenvalue weighted by Gasteiger charge is 2.56. The zero-order chi connectivity index (χ0) is 21.9. The van der Waals surface area contributed by atoms with Gasteiger partial charge in [-0.05, 0) is 12.8 Å². The van der Waals surface area contributed by atoms with E-state index < -0.39 is 41.7 Å². The van der Waals surface area contributed by atoms with E-state index in [1.165, 1.54) is 6.33 Å². The van der Waals surface area contributed by atoms with Gasteiger partial charge in [0.2, 0.25) is 0 Å². The van der Waals surface area contributed by atoms with Crippen molar-refractivity contribution >= 4 is 38.7 Å². The molecule has 0 unspecified atom stereocenters. The highest BCUT2D eigenvalue weighted by atomic mass is 35.5. The number of aliphatic hydroxyl groups excluding tert-OH is 1. The van der Waals surface area contributed by atoms with Crippen LogP contribution >= 0.6 is 11.6 Å². The number of anilines is 1. The van der Waals surface area contributed by atoms with E-state index in [0.29, 0.717) is 40.8 Å². The number of hydrogen-bond donors (Lipinski definition) is 2. The van der Waals surface area contributed by atoms with Gasteiger partial charge in [0.1, 0.15) is 17.4 Å². The van der Waals surface area contributed by atoms with E-state index in [1.54, 1.807) is 6.20 Å². The molecule has 3 N–H and O–H groups in total. The van der Waals surface area contributed by atoms with Crippen molar-refractivity contribution in [1.29, 1.82) is 0 Å². The molecule has 2 aromatic heterocycles. The summed E-state index contributed by atoms with van der Waals surface area (Å²) in [5, 5.41) is 14.5. The Kier molecular flexibility index (Phi) is 5.21. The Bertz CT molecular complexity index is 1060. The highest BCUT2D eigenvalue weighted by Crippen LogP contribution is 2.52. The number of nitrogens with two attached hydrogens (primary N) is 1. The SMILES string of the molecule is Cn1cc(Cl)c2ncnc(N3CC4(CC(N(CC(F)(F)CCO)S(N)(=O)=O)C4)C3)c21. The first-order chi connectivity index (χ1) is 13.9. The van der Waals surface area contributed by atoms with Crippen LogP contribution in [-0.4, -0.2) is 70.6 Å². The third-order valence-electron chi connectivity index (χ3n) is 5.98. The van der Waals surface area contributed by atoms with Crippen LogP contribution in [-0.2, 0) is 17.3 Å². The number of aryl methyl sites for hydroxylation is 1. The van der Waals surface area contributed by atoms with Gasteiger partial charge < -0.3 is 14.6 Å². The van der Waals surface area contributed by atoms with Gasteiger partial charge in [0.25, 0.3) is 16.1 Å². The Hall–Kier alpha value is -1.60. The molecule has 0 radical (unpaired) electrons. The lowest BCUT2D eigenvalue weighted by Crippen LogP contribution is -2.68. The zero-order valence-corrected chi connectivity index (χ0v) is 17.9. The number of aromatic nitrogens is 3. The highest BCUT2D eigenvalue weighted by molar-refractivity contribution is 7.86. The first kappa shape index (κ1) is 21.6. The summed E-state index contributed by atoms with van der Waals surface area (Å²) in [4.78, 5) is 10.6. The van der Waals surface area contributed by atoms with Crippen LogP contribution in [0.15, 0.2) is 12.5 Å². The molecule has 2 fully saturated rings. The van der Waals surface area contributed by atoms with Crippen LogP contribution < -0.4 is 10.0 Å². The van der Waals surface area contributed by atoms with Crippen LogP contribution in [0.5, 0.6) is 0 Å². The van der Waals surface area contributed by atoms with E-state index in [2.05, 4.69) is 14.9 Å². The minimum Gasteiger partial charge on any atom is -0.396 e. The largest absolute Gasteiger partial charge is 0.396 e. The summed E-state index contributed by atoms with van der Waals surface area (Å²) in [5.74, 6) is -2.60. The van der Waals surface area contributed by atoms with Gasteiger partial charge in [-0.2, -0.15) is 12.7 Å². The molecule has 1 saturated carbocycles. The number of alkyl halides is 2. The molecule has 4 rings (SSSR count). The molecule has 0 bridgehead atoms. The average molecular weight is 465 g/mol. The van der Waals surface area contributed by atoms with Crippen LogP contribution in [0.2, 0.25) is 5.02 Å². The molecule has 166 valence electrons. The van der Waals surface area contributed by atoms with Crippen LogP contribution in [0.1, 0.15) is 19.3 Å². The first-order valence-electron chi connectivity index (χ1n) is 9.43. The van der Waals surface area contributed by atoms with Crippen molar-refractivity contribution in [3.63, 3.8) is 0 Å². The van der Waals surface area contributed by atoms with Crippen molar-refractivity contribution < 1.29 is 22.3 Å². The summed E-state index contributed by atoms with van der Waals surface area (Å²) in [7, 11) is -2.43. The van der Waals surface area contributed by atoms with E-state index >= 15 is 0 Å². The molecule has 0 atom stereocenters. The molecule has 9 nitrogen and oxygen atoms in total. The van der Waals surface area contributed by atoms with Crippen LogP contribution in [0.25, 0.3) is 11.0 Å². The molecule has 0 amide bonds. The third kappa shape index (κ3) is 3.75. The number of nitrogens with zero attached hydrogens (tertiary/aromatic N) is 5. The molecule has 1 aliphatic carbocycles. The lowest BCUT2D eigenvalue weighted by molar-refractivity contribution is -0.0638. The van der Waals surface area contributed by atoms with Gasteiger partial charge >= 0.3 is 0 Å². The monoisotopic (exact) mass is 464 g/mol. The van der Waals surface area contributed by atoms with Gasteiger partial charge in [-0.15, -0.1) is 0 Å². The van der Waals surface area contributed by atoms with Gasteiger partial charge in [0.05, 0.1) is 11.6 Å². The maximum atomic E-state index is 13.9. The number of aliphatic hydroxyl groups is 1. The molecule has 1 aliphatic heterocycles. The van der Waals surface area contributed by atoms with Crippen LogP contribution in [0.3, 0.4) is 0 Å². The fourth-order valence-electron chi connectivity index (χ4n) is 4.61. The smallest absolute Gasteiger partial charge is 0.277 e. The van der Waals surface area contributed by atoms with Gasteiger partial charge in [0.15, 0.2) is 5.82 Å². The van der Waals surface area contributed by atoms with Crippen LogP contribution in [0.4, 0.5) is 14.6 Å². The lowest BCUT2D eigenvalue weighted by Gasteiger charge is -2.60. The van der Waals surface area contributed by atoms with E-state index in [4.69, 9.17) is 21.8 Å². The molecular weight excluding hydrogens is 442 g/mol. The van der Waals surface area contributed by atoms with Gasteiger partial charge in [-0.1, -0.05) is 11.6 Å². The van der Waals surface area contributed by atoms with E-state index in [0.717, 1.165) is 11.3 Å². The Morgan fingerprint density at radius 2 is 2.07 bits per heavy atom. The summed E-state index contributed by atoms with van der Waals surface area (Å²) in [5.41, 5.74) is 1.30. The number of halogens is 3. The summed E-state index contributed by atoms with van der Waals surface area (Å²) >= 11 is 6.20. The van der Waals surface area contributed by atoms with Crippen molar-refractivity contribution in [2.45, 2.75) is 31.2 Å². The van der Waals surface area contributed by atoms with Crippen molar-refractivity contribution in [2.24, 2.45) is 17.6 Å². The molecule has 2 aromatic rings. The molecule has 30 heavy (non-hydrogen) atoms. The van der Waals surface area contributed by atoms with Crippen molar-refractivity contribution in [1.82, 2.24) is 18.8 Å². The fraction of sp³-hybridized carbons (Fsp3) is 0.647. The molecule has 2 aliphatic rings. The van der Waals surface area contributed by atoms with Gasteiger partial charge in [-0.3, -0.25) is 0 Å². The normalized spacial score (nSPS) is 19.5. The average Bonchev–Trinajstić information content (AvgIpc) is 2.85.